The van der Waals surface area contributed by atoms with Crippen molar-refractivity contribution in [1.29, 1.82) is 0 Å². The van der Waals surface area contributed by atoms with E-state index in [9.17, 15) is 18.0 Å². The van der Waals surface area contributed by atoms with Crippen molar-refractivity contribution >= 4 is 5.91 Å². The molecule has 0 fully saturated rings. The molecular weight excluding hydrogens is 323 g/mol. The maximum Gasteiger partial charge on any atom is 0.471 e. The molecule has 0 aliphatic rings. The van der Waals surface area contributed by atoms with Gasteiger partial charge >= 0.3 is 12.1 Å². The molecule has 1 aromatic carbocycles. The number of aromatic nitrogens is 4. The van der Waals surface area contributed by atoms with E-state index in [0.29, 0.717) is 10.6 Å². The number of rotatable bonds is 4. The zero-order chi connectivity index (χ0) is 18.1. The molecule has 24 heavy (non-hydrogen) atoms. The van der Waals surface area contributed by atoms with Crippen molar-refractivity contribution in [2.24, 2.45) is 0 Å². The molecule has 2 rings (SSSR count). The largest absolute Gasteiger partial charge is 0.471 e. The van der Waals surface area contributed by atoms with E-state index < -0.39 is 17.6 Å². The average molecular weight is 341 g/mol. The first-order valence-electron chi connectivity index (χ1n) is 7.32. The molecule has 6 nitrogen and oxygen atoms in total. The van der Waals surface area contributed by atoms with Crippen LogP contribution < -0.4 is 0 Å². The van der Waals surface area contributed by atoms with Crippen LogP contribution in [-0.4, -0.2) is 44.2 Å². The summed E-state index contributed by atoms with van der Waals surface area (Å²) in [5.74, 6) is -1.78. The van der Waals surface area contributed by atoms with E-state index in [1.165, 1.54) is 11.6 Å². The van der Waals surface area contributed by atoms with Gasteiger partial charge in [0.15, 0.2) is 5.82 Å². The third-order valence-electron chi connectivity index (χ3n) is 4.17. The van der Waals surface area contributed by atoms with Crippen LogP contribution in [0.2, 0.25) is 0 Å². The third-order valence-corrected chi connectivity index (χ3v) is 4.17. The molecule has 0 saturated carbocycles. The van der Waals surface area contributed by atoms with Crippen LogP contribution in [0.3, 0.4) is 0 Å². The van der Waals surface area contributed by atoms with Crippen molar-refractivity contribution in [3.63, 3.8) is 0 Å². The second-order valence-corrected chi connectivity index (χ2v) is 5.74. The van der Waals surface area contributed by atoms with Gasteiger partial charge in [-0.3, -0.25) is 4.79 Å². The van der Waals surface area contributed by atoms with Gasteiger partial charge < -0.3 is 4.90 Å². The van der Waals surface area contributed by atoms with E-state index >= 15 is 0 Å². The molecule has 1 heterocycles. The van der Waals surface area contributed by atoms with Gasteiger partial charge in [-0.2, -0.15) is 17.9 Å². The van der Waals surface area contributed by atoms with Crippen molar-refractivity contribution in [2.75, 3.05) is 7.05 Å². The topological polar surface area (TPSA) is 63.9 Å². The van der Waals surface area contributed by atoms with Crippen molar-refractivity contribution in [3.05, 3.63) is 35.7 Å². The zero-order valence-electron chi connectivity index (χ0n) is 13.8. The summed E-state index contributed by atoms with van der Waals surface area (Å²) in [6.07, 6.45) is -4.76. The van der Waals surface area contributed by atoms with E-state index in [1.54, 1.807) is 19.1 Å². The van der Waals surface area contributed by atoms with Gasteiger partial charge in [0.1, 0.15) is 5.54 Å². The van der Waals surface area contributed by atoms with E-state index in [2.05, 4.69) is 15.5 Å². The van der Waals surface area contributed by atoms with Crippen LogP contribution in [0.25, 0.3) is 5.69 Å². The molecular formula is C15H18F3N5O. The SMILES string of the molecule is CC[C@](C)(c1nnnn1-c1cccc(C)c1)N(C)C(=O)C(F)(F)F. The molecule has 0 bridgehead atoms. The van der Waals surface area contributed by atoms with Crippen LogP contribution in [0.4, 0.5) is 13.2 Å². The van der Waals surface area contributed by atoms with Crippen molar-refractivity contribution < 1.29 is 18.0 Å². The summed E-state index contributed by atoms with van der Waals surface area (Å²) in [5, 5.41) is 11.4. The molecule has 0 aliphatic heterocycles. The molecule has 1 amide bonds. The number of benzene rings is 1. The Labute approximate surface area is 137 Å². The second-order valence-electron chi connectivity index (χ2n) is 5.74. The fourth-order valence-corrected chi connectivity index (χ4v) is 2.42. The lowest BCUT2D eigenvalue weighted by Gasteiger charge is -2.37. The smallest absolute Gasteiger partial charge is 0.325 e. The summed E-state index contributed by atoms with van der Waals surface area (Å²) in [6.45, 7) is 5.07. The Kier molecular flexibility index (Phi) is 4.63. The maximum atomic E-state index is 12.8. The highest BCUT2D eigenvalue weighted by molar-refractivity contribution is 5.82. The normalized spacial score (nSPS) is 14.3. The molecule has 1 aromatic heterocycles. The molecule has 0 radical (unpaired) electrons. The lowest BCUT2D eigenvalue weighted by Crippen LogP contribution is -2.51. The highest BCUT2D eigenvalue weighted by Crippen LogP contribution is 2.33. The van der Waals surface area contributed by atoms with Crippen LogP contribution in [0.5, 0.6) is 0 Å². The highest BCUT2D eigenvalue weighted by Gasteiger charge is 2.48. The van der Waals surface area contributed by atoms with Crippen LogP contribution in [0, 0.1) is 6.92 Å². The summed E-state index contributed by atoms with van der Waals surface area (Å²) in [6, 6.07) is 7.23. The van der Waals surface area contributed by atoms with Crippen LogP contribution in [0.15, 0.2) is 24.3 Å². The number of nitrogens with zero attached hydrogens (tertiary/aromatic N) is 5. The first kappa shape index (κ1) is 17.9. The van der Waals surface area contributed by atoms with Crippen LogP contribution in [0.1, 0.15) is 31.7 Å². The summed E-state index contributed by atoms with van der Waals surface area (Å²) in [5.41, 5.74) is 0.245. The summed E-state index contributed by atoms with van der Waals surface area (Å²) < 4.78 is 39.9. The van der Waals surface area contributed by atoms with Crippen molar-refractivity contribution in [1.82, 2.24) is 25.1 Å². The van der Waals surface area contributed by atoms with Gasteiger partial charge in [0.2, 0.25) is 0 Å². The summed E-state index contributed by atoms with van der Waals surface area (Å²) >= 11 is 0. The quantitative estimate of drug-likeness (QED) is 0.857. The fraction of sp³-hybridized carbons (Fsp3) is 0.467. The highest BCUT2D eigenvalue weighted by atomic mass is 19.4. The second kappa shape index (κ2) is 6.21. The lowest BCUT2D eigenvalue weighted by molar-refractivity contribution is -0.190. The number of hydrogen-bond acceptors (Lipinski definition) is 4. The van der Waals surface area contributed by atoms with Gasteiger partial charge in [-0.15, -0.1) is 5.10 Å². The van der Waals surface area contributed by atoms with E-state index in [4.69, 9.17) is 0 Å². The van der Waals surface area contributed by atoms with Crippen LogP contribution >= 0.6 is 0 Å². The van der Waals surface area contributed by atoms with Gasteiger partial charge in [-0.05, 0) is 48.4 Å². The fourth-order valence-electron chi connectivity index (χ4n) is 2.42. The number of carbonyl (C=O) groups excluding carboxylic acids is 1. The molecule has 1 atom stereocenters. The maximum absolute atomic E-state index is 12.8. The van der Waals surface area contributed by atoms with E-state index in [0.717, 1.165) is 12.6 Å². The summed E-state index contributed by atoms with van der Waals surface area (Å²) in [7, 11) is 1.11. The van der Waals surface area contributed by atoms with Gasteiger partial charge in [-0.1, -0.05) is 19.1 Å². The van der Waals surface area contributed by atoms with E-state index in [1.807, 2.05) is 19.1 Å². The average Bonchev–Trinajstić information content (AvgIpc) is 3.02. The van der Waals surface area contributed by atoms with Gasteiger partial charge in [0.25, 0.3) is 0 Å². The molecule has 9 heteroatoms. The van der Waals surface area contributed by atoms with Gasteiger partial charge in [0.05, 0.1) is 5.69 Å². The monoisotopic (exact) mass is 341 g/mol. The Bertz CT molecular complexity index is 743. The number of amides is 1. The number of hydrogen-bond donors (Lipinski definition) is 0. The number of aryl methyl sites for hydroxylation is 1. The predicted molar refractivity (Wildman–Crippen MR) is 80.4 cm³/mol. The Morgan fingerprint density at radius 3 is 2.54 bits per heavy atom. The number of alkyl halides is 3. The molecule has 0 unspecified atom stereocenters. The molecule has 0 N–H and O–H groups in total. The third kappa shape index (κ3) is 3.10. The zero-order valence-corrected chi connectivity index (χ0v) is 13.8. The Morgan fingerprint density at radius 1 is 1.33 bits per heavy atom. The molecule has 2 aromatic rings. The number of carbonyl (C=O) groups is 1. The minimum absolute atomic E-state index is 0.163. The molecule has 0 spiro atoms. The van der Waals surface area contributed by atoms with Crippen molar-refractivity contribution in [3.8, 4) is 5.69 Å². The minimum atomic E-state index is -4.97. The molecule has 0 saturated heterocycles. The van der Waals surface area contributed by atoms with Crippen LogP contribution in [-0.2, 0) is 10.3 Å². The Morgan fingerprint density at radius 2 is 2.00 bits per heavy atom. The molecule has 130 valence electrons. The Hall–Kier alpha value is -2.45. The summed E-state index contributed by atoms with van der Waals surface area (Å²) in [4.78, 5) is 12.3. The minimum Gasteiger partial charge on any atom is -0.325 e. The Balaban J connectivity index is 2.53. The molecule has 0 aliphatic carbocycles. The lowest BCUT2D eigenvalue weighted by atomic mass is 9.95. The number of halogens is 3. The van der Waals surface area contributed by atoms with Gasteiger partial charge in [-0.25, -0.2) is 0 Å². The first-order valence-corrected chi connectivity index (χ1v) is 7.32. The standard InChI is InChI=1S/C15H18F3N5O/c1-5-14(3,22(4)13(24)15(16,17)18)12-19-20-21-23(12)11-8-6-7-10(2)9-11/h6-9H,5H2,1-4H3/t14-/m1/s1. The van der Waals surface area contributed by atoms with E-state index in [-0.39, 0.29) is 12.2 Å². The van der Waals surface area contributed by atoms with Gasteiger partial charge in [0, 0.05) is 7.05 Å². The first-order chi connectivity index (χ1) is 11.1. The predicted octanol–water partition coefficient (Wildman–Crippen LogP) is 2.62. The number of tetrazole rings is 1. The van der Waals surface area contributed by atoms with Crippen molar-refractivity contribution in [2.45, 2.75) is 38.9 Å².